The largest absolute Gasteiger partial charge is 0.398 e. The van der Waals surface area contributed by atoms with Crippen molar-refractivity contribution in [3.63, 3.8) is 0 Å². The van der Waals surface area contributed by atoms with Crippen LogP contribution in [-0.4, -0.2) is 5.91 Å². The second-order valence-corrected chi connectivity index (χ2v) is 4.53. The zero-order valence-corrected chi connectivity index (χ0v) is 11.0. The van der Waals surface area contributed by atoms with E-state index in [2.05, 4.69) is 5.32 Å². The van der Waals surface area contributed by atoms with E-state index in [4.69, 9.17) is 17.3 Å². The van der Waals surface area contributed by atoms with Gasteiger partial charge < -0.3 is 11.1 Å². The third-order valence-corrected chi connectivity index (χ3v) is 3.02. The number of anilines is 2. The summed E-state index contributed by atoms with van der Waals surface area (Å²) in [6.07, 6.45) is 0. The first-order valence-corrected chi connectivity index (χ1v) is 5.98. The second kappa shape index (κ2) is 5.28. The lowest BCUT2D eigenvalue weighted by Crippen LogP contribution is -2.14. The van der Waals surface area contributed by atoms with Crippen LogP contribution in [0.25, 0.3) is 0 Å². The van der Waals surface area contributed by atoms with Gasteiger partial charge in [0, 0.05) is 5.69 Å². The van der Waals surface area contributed by atoms with Crippen LogP contribution in [0.2, 0.25) is 5.02 Å². The molecule has 0 aliphatic rings. The quantitative estimate of drug-likeness (QED) is 0.824. The molecule has 0 spiro atoms. The van der Waals surface area contributed by atoms with Gasteiger partial charge in [-0.15, -0.1) is 0 Å². The van der Waals surface area contributed by atoms with Crippen LogP contribution in [0.3, 0.4) is 0 Å². The Morgan fingerprint density at radius 1 is 1.32 bits per heavy atom. The Morgan fingerprint density at radius 3 is 2.74 bits per heavy atom. The molecule has 0 bridgehead atoms. The van der Waals surface area contributed by atoms with Crippen molar-refractivity contribution in [3.8, 4) is 0 Å². The Hall–Kier alpha value is -2.07. The Labute approximate surface area is 115 Å². The van der Waals surface area contributed by atoms with Crippen molar-refractivity contribution in [3.05, 3.63) is 58.4 Å². The lowest BCUT2D eigenvalue weighted by atomic mass is 10.1. The molecule has 0 fully saturated rings. The van der Waals surface area contributed by atoms with Gasteiger partial charge in [0.25, 0.3) is 5.91 Å². The summed E-state index contributed by atoms with van der Waals surface area (Å²) in [6, 6.07) is 9.35. The normalized spacial score (nSPS) is 10.3. The molecule has 2 aromatic rings. The summed E-state index contributed by atoms with van der Waals surface area (Å²) in [5.41, 5.74) is 6.86. The van der Waals surface area contributed by atoms with Crippen molar-refractivity contribution in [2.45, 2.75) is 6.92 Å². The number of amides is 1. The standard InChI is InChI=1S/C14H12ClFN2O/c1-8-3-2-4-10(13(8)16)14(19)18-9-5-6-12(17)11(15)7-9/h2-7H,17H2,1H3,(H,18,19). The third-order valence-electron chi connectivity index (χ3n) is 2.69. The van der Waals surface area contributed by atoms with Crippen molar-refractivity contribution in [2.75, 3.05) is 11.1 Å². The van der Waals surface area contributed by atoms with Gasteiger partial charge >= 0.3 is 0 Å². The summed E-state index contributed by atoms with van der Waals surface area (Å²) < 4.78 is 13.8. The van der Waals surface area contributed by atoms with E-state index in [0.29, 0.717) is 22.0 Å². The second-order valence-electron chi connectivity index (χ2n) is 4.13. The molecule has 2 rings (SSSR count). The number of carbonyl (C=O) groups excluding carboxylic acids is 1. The van der Waals surface area contributed by atoms with E-state index in [-0.39, 0.29) is 5.56 Å². The van der Waals surface area contributed by atoms with E-state index >= 15 is 0 Å². The van der Waals surface area contributed by atoms with Crippen LogP contribution in [0.5, 0.6) is 0 Å². The first kappa shape index (κ1) is 13.4. The molecule has 0 radical (unpaired) electrons. The number of halogens is 2. The highest BCUT2D eigenvalue weighted by Gasteiger charge is 2.13. The smallest absolute Gasteiger partial charge is 0.258 e. The van der Waals surface area contributed by atoms with Crippen molar-refractivity contribution < 1.29 is 9.18 Å². The number of nitrogens with one attached hydrogen (secondary N) is 1. The van der Waals surface area contributed by atoms with Gasteiger partial charge in [0.1, 0.15) is 5.82 Å². The highest BCUT2D eigenvalue weighted by molar-refractivity contribution is 6.33. The van der Waals surface area contributed by atoms with Crippen molar-refractivity contribution in [2.24, 2.45) is 0 Å². The van der Waals surface area contributed by atoms with Crippen LogP contribution in [0.4, 0.5) is 15.8 Å². The SMILES string of the molecule is Cc1cccc(C(=O)Nc2ccc(N)c(Cl)c2)c1F. The van der Waals surface area contributed by atoms with Crippen LogP contribution in [0, 0.1) is 12.7 Å². The molecule has 0 aromatic heterocycles. The highest BCUT2D eigenvalue weighted by Crippen LogP contribution is 2.23. The molecule has 1 amide bonds. The maximum Gasteiger partial charge on any atom is 0.258 e. The minimum Gasteiger partial charge on any atom is -0.398 e. The van der Waals surface area contributed by atoms with Gasteiger partial charge in [-0.25, -0.2) is 4.39 Å². The third kappa shape index (κ3) is 2.85. The van der Waals surface area contributed by atoms with E-state index in [9.17, 15) is 9.18 Å². The molecule has 0 heterocycles. The van der Waals surface area contributed by atoms with Crippen LogP contribution in [0.15, 0.2) is 36.4 Å². The summed E-state index contributed by atoms with van der Waals surface area (Å²) in [5, 5.41) is 2.91. The maximum absolute atomic E-state index is 13.8. The molecule has 5 heteroatoms. The zero-order chi connectivity index (χ0) is 14.0. The highest BCUT2D eigenvalue weighted by atomic mass is 35.5. The lowest BCUT2D eigenvalue weighted by molar-refractivity contribution is 0.102. The van der Waals surface area contributed by atoms with Gasteiger partial charge in [0.2, 0.25) is 0 Å². The Morgan fingerprint density at radius 2 is 2.05 bits per heavy atom. The maximum atomic E-state index is 13.8. The molecule has 2 aromatic carbocycles. The fourth-order valence-electron chi connectivity index (χ4n) is 1.63. The molecule has 0 atom stereocenters. The lowest BCUT2D eigenvalue weighted by Gasteiger charge is -2.08. The molecule has 19 heavy (non-hydrogen) atoms. The van der Waals surface area contributed by atoms with Gasteiger partial charge in [-0.05, 0) is 36.8 Å². The van der Waals surface area contributed by atoms with Crippen LogP contribution in [0.1, 0.15) is 15.9 Å². The van der Waals surface area contributed by atoms with Crippen LogP contribution in [-0.2, 0) is 0 Å². The van der Waals surface area contributed by atoms with Crippen LogP contribution < -0.4 is 11.1 Å². The molecule has 0 saturated carbocycles. The summed E-state index contributed by atoms with van der Waals surface area (Å²) in [7, 11) is 0. The van der Waals surface area contributed by atoms with E-state index in [0.717, 1.165) is 0 Å². The average Bonchev–Trinajstić information content (AvgIpc) is 2.37. The van der Waals surface area contributed by atoms with Gasteiger partial charge in [-0.3, -0.25) is 4.79 Å². The topological polar surface area (TPSA) is 55.1 Å². The van der Waals surface area contributed by atoms with Crippen molar-refractivity contribution in [1.82, 2.24) is 0 Å². The average molecular weight is 279 g/mol. The van der Waals surface area contributed by atoms with Crippen molar-refractivity contribution in [1.29, 1.82) is 0 Å². The minimum absolute atomic E-state index is 0.00653. The summed E-state index contributed by atoms with van der Waals surface area (Å²) in [6.45, 7) is 1.60. The van der Waals surface area contributed by atoms with Crippen LogP contribution >= 0.6 is 11.6 Å². The molecule has 3 nitrogen and oxygen atoms in total. The van der Waals surface area contributed by atoms with Crippen molar-refractivity contribution >= 4 is 28.9 Å². The molecule has 0 saturated heterocycles. The Kier molecular flexibility index (Phi) is 3.71. The van der Waals surface area contributed by atoms with E-state index in [1.807, 2.05) is 0 Å². The fraction of sp³-hybridized carbons (Fsp3) is 0.0714. The number of hydrogen-bond acceptors (Lipinski definition) is 2. The molecule has 3 N–H and O–H groups in total. The summed E-state index contributed by atoms with van der Waals surface area (Å²) >= 11 is 5.85. The fourth-order valence-corrected chi connectivity index (χ4v) is 1.81. The van der Waals surface area contributed by atoms with Gasteiger partial charge in [0.15, 0.2) is 0 Å². The molecule has 0 aliphatic carbocycles. The number of rotatable bonds is 2. The van der Waals surface area contributed by atoms with E-state index < -0.39 is 11.7 Å². The first-order chi connectivity index (χ1) is 8.99. The van der Waals surface area contributed by atoms with Gasteiger partial charge in [0.05, 0.1) is 16.3 Å². The number of carbonyl (C=O) groups is 1. The number of nitrogen functional groups attached to an aromatic ring is 1. The predicted octanol–water partition coefficient (Wildman–Crippen LogP) is 3.62. The number of nitrogens with two attached hydrogens (primary N) is 1. The molecule has 0 unspecified atom stereocenters. The first-order valence-electron chi connectivity index (χ1n) is 5.60. The monoisotopic (exact) mass is 278 g/mol. The van der Waals surface area contributed by atoms with E-state index in [1.54, 1.807) is 31.2 Å². The Bertz CT molecular complexity index is 643. The molecule has 0 aliphatic heterocycles. The Balaban J connectivity index is 2.26. The minimum atomic E-state index is -0.526. The molecular formula is C14H12ClFN2O. The summed E-state index contributed by atoms with van der Waals surface area (Å²) in [5.74, 6) is -1.05. The number of benzene rings is 2. The predicted molar refractivity (Wildman–Crippen MR) is 75.0 cm³/mol. The van der Waals surface area contributed by atoms with Gasteiger partial charge in [-0.1, -0.05) is 23.7 Å². The molecule has 98 valence electrons. The number of aryl methyl sites for hydroxylation is 1. The zero-order valence-electron chi connectivity index (χ0n) is 10.2. The molecular weight excluding hydrogens is 267 g/mol. The number of hydrogen-bond donors (Lipinski definition) is 2. The van der Waals surface area contributed by atoms with Gasteiger partial charge in [-0.2, -0.15) is 0 Å². The van der Waals surface area contributed by atoms with E-state index in [1.165, 1.54) is 12.1 Å². The summed E-state index contributed by atoms with van der Waals surface area (Å²) in [4.78, 5) is 12.0.